The number of hydrogen-bond acceptors (Lipinski definition) is 8. The maximum absolute atomic E-state index is 13.1. The van der Waals surface area contributed by atoms with Crippen LogP contribution in [0.1, 0.15) is 322 Å². The van der Waals surface area contributed by atoms with Crippen molar-refractivity contribution in [2.75, 3.05) is 13.2 Å². The Morgan fingerprint density at radius 2 is 0.787 bits per heavy atom. The first-order valence-electron chi connectivity index (χ1n) is 32.7. The first-order chi connectivity index (χ1) is 36.8. The van der Waals surface area contributed by atoms with Gasteiger partial charge in [-0.3, -0.25) is 4.79 Å². The number of carbonyl (C=O) groups excluding carboxylic acids is 1. The summed E-state index contributed by atoms with van der Waals surface area (Å²) in [6.07, 6.45) is 66.7. The molecule has 0 aromatic rings. The molecule has 7 unspecified atom stereocenters. The smallest absolute Gasteiger partial charge is 0.220 e. The molecule has 1 fully saturated rings. The SMILES string of the molecule is CCCCCCCCCCCCC/C=C\C/C=C\CCCCCCCCCCCCCCCCCCCC(=O)NC(COC1OC(CO)C(O)C(O)C1O)C(O)/C=C/CCCCCCCCCCCCCCCCC. The van der Waals surface area contributed by atoms with Crippen LogP contribution in [0.2, 0.25) is 0 Å². The second-order valence-electron chi connectivity index (χ2n) is 22.9. The highest BCUT2D eigenvalue weighted by Crippen LogP contribution is 2.23. The van der Waals surface area contributed by atoms with Gasteiger partial charge in [0, 0.05) is 6.42 Å². The van der Waals surface area contributed by atoms with Gasteiger partial charge >= 0.3 is 0 Å². The van der Waals surface area contributed by atoms with E-state index in [0.29, 0.717) is 6.42 Å². The van der Waals surface area contributed by atoms with Crippen LogP contribution >= 0.6 is 0 Å². The number of amides is 1. The largest absolute Gasteiger partial charge is 0.394 e. The van der Waals surface area contributed by atoms with Crippen LogP contribution in [0, 0.1) is 0 Å². The van der Waals surface area contributed by atoms with E-state index in [1.807, 2.05) is 6.08 Å². The molecule has 1 saturated heterocycles. The highest BCUT2D eigenvalue weighted by molar-refractivity contribution is 5.76. The Morgan fingerprint density at radius 3 is 1.15 bits per heavy atom. The van der Waals surface area contributed by atoms with Gasteiger partial charge in [-0.2, -0.15) is 0 Å². The molecule has 0 saturated carbocycles. The van der Waals surface area contributed by atoms with Crippen LogP contribution in [0.3, 0.4) is 0 Å². The number of aliphatic hydroxyl groups excluding tert-OH is 5. The van der Waals surface area contributed by atoms with Gasteiger partial charge in [0.05, 0.1) is 25.4 Å². The average molecular weight is 1060 g/mol. The maximum Gasteiger partial charge on any atom is 0.220 e. The molecule has 442 valence electrons. The van der Waals surface area contributed by atoms with E-state index in [0.717, 1.165) is 44.9 Å². The van der Waals surface area contributed by atoms with Crippen molar-refractivity contribution in [3.63, 3.8) is 0 Å². The second kappa shape index (κ2) is 55.7. The summed E-state index contributed by atoms with van der Waals surface area (Å²) in [7, 11) is 0. The predicted molar refractivity (Wildman–Crippen MR) is 318 cm³/mol. The molecule has 1 rings (SSSR count). The zero-order valence-corrected chi connectivity index (χ0v) is 49.3. The van der Waals surface area contributed by atoms with Crippen molar-refractivity contribution in [1.82, 2.24) is 5.32 Å². The number of rotatable bonds is 57. The normalized spacial score (nSPS) is 19.1. The lowest BCUT2D eigenvalue weighted by molar-refractivity contribution is -0.302. The minimum absolute atomic E-state index is 0.172. The third-order valence-electron chi connectivity index (χ3n) is 15.7. The summed E-state index contributed by atoms with van der Waals surface area (Å²) in [5.41, 5.74) is 0. The molecule has 0 bridgehead atoms. The summed E-state index contributed by atoms with van der Waals surface area (Å²) < 4.78 is 11.3. The van der Waals surface area contributed by atoms with Gasteiger partial charge in [-0.25, -0.2) is 0 Å². The third-order valence-corrected chi connectivity index (χ3v) is 15.7. The van der Waals surface area contributed by atoms with Crippen LogP contribution in [-0.4, -0.2) is 87.5 Å². The second-order valence-corrected chi connectivity index (χ2v) is 22.9. The molecule has 1 amide bonds. The Kier molecular flexibility index (Phi) is 53.1. The third kappa shape index (κ3) is 44.9. The highest BCUT2D eigenvalue weighted by Gasteiger charge is 2.44. The fourth-order valence-electron chi connectivity index (χ4n) is 10.5. The maximum atomic E-state index is 13.1. The fraction of sp³-hybridized carbons (Fsp3) is 0.894. The number of ether oxygens (including phenoxy) is 2. The fourth-order valence-corrected chi connectivity index (χ4v) is 10.5. The Balaban J connectivity index is 2.10. The van der Waals surface area contributed by atoms with E-state index < -0.39 is 49.5 Å². The molecule has 1 heterocycles. The standard InChI is InChI=1S/C66H125NO8/c1-3-5-7-9-11-13-15-17-19-21-22-23-24-25-26-27-28-29-30-31-32-33-34-35-36-37-38-40-42-44-46-48-50-52-54-56-62(70)67-59(58-74-66-65(73)64(72)63(71)61(57-68)75-66)60(69)55-53-51-49-47-45-43-41-39-20-18-16-14-12-10-8-6-4-2/h24-25,27-28,53,55,59-61,63-66,68-69,71-73H,3-23,26,29-52,54,56-58H2,1-2H3,(H,67,70)/b25-24-,28-27-,55-53+. The van der Waals surface area contributed by atoms with Gasteiger partial charge in [0.1, 0.15) is 24.4 Å². The summed E-state index contributed by atoms with van der Waals surface area (Å²) in [5.74, 6) is -0.172. The van der Waals surface area contributed by atoms with Gasteiger partial charge in [0.2, 0.25) is 5.91 Å². The topological polar surface area (TPSA) is 149 Å². The lowest BCUT2D eigenvalue weighted by atomic mass is 9.99. The van der Waals surface area contributed by atoms with E-state index in [4.69, 9.17) is 9.47 Å². The number of allylic oxidation sites excluding steroid dienone is 5. The molecule has 75 heavy (non-hydrogen) atoms. The van der Waals surface area contributed by atoms with Gasteiger partial charge < -0.3 is 40.3 Å². The number of unbranched alkanes of at least 4 members (excludes halogenated alkanes) is 43. The van der Waals surface area contributed by atoms with E-state index >= 15 is 0 Å². The van der Waals surface area contributed by atoms with Crippen LogP contribution in [0.25, 0.3) is 0 Å². The van der Waals surface area contributed by atoms with E-state index in [-0.39, 0.29) is 12.5 Å². The molecule has 1 aliphatic rings. The molecule has 7 atom stereocenters. The summed E-state index contributed by atoms with van der Waals surface area (Å²) in [4.78, 5) is 13.1. The Labute approximate surface area is 463 Å². The molecule has 9 nitrogen and oxygen atoms in total. The molecule has 6 N–H and O–H groups in total. The van der Waals surface area contributed by atoms with Gasteiger partial charge in [-0.05, 0) is 51.4 Å². The van der Waals surface area contributed by atoms with Crippen molar-refractivity contribution in [3.8, 4) is 0 Å². The highest BCUT2D eigenvalue weighted by atomic mass is 16.7. The molecule has 0 aromatic heterocycles. The van der Waals surface area contributed by atoms with Crippen LogP contribution in [0.5, 0.6) is 0 Å². The zero-order valence-electron chi connectivity index (χ0n) is 49.3. The van der Waals surface area contributed by atoms with Gasteiger partial charge in [-0.1, -0.05) is 301 Å². The van der Waals surface area contributed by atoms with Gasteiger partial charge in [0.15, 0.2) is 6.29 Å². The molecular weight excluding hydrogens is 935 g/mol. The first-order valence-corrected chi connectivity index (χ1v) is 32.7. The molecule has 0 spiro atoms. The number of nitrogens with one attached hydrogen (secondary N) is 1. The van der Waals surface area contributed by atoms with Crippen LogP contribution < -0.4 is 5.32 Å². The molecule has 0 aromatic carbocycles. The summed E-state index contributed by atoms with van der Waals surface area (Å²) in [5, 5.41) is 54.6. The number of hydrogen-bond donors (Lipinski definition) is 6. The van der Waals surface area contributed by atoms with Crippen molar-refractivity contribution in [2.45, 2.75) is 365 Å². The van der Waals surface area contributed by atoms with Crippen molar-refractivity contribution < 1.29 is 39.8 Å². The van der Waals surface area contributed by atoms with Gasteiger partial charge in [-0.15, -0.1) is 0 Å². The zero-order chi connectivity index (χ0) is 54.3. The molecule has 0 aliphatic carbocycles. The summed E-state index contributed by atoms with van der Waals surface area (Å²) in [6.45, 7) is 3.82. The quantitative estimate of drug-likeness (QED) is 0.0261. The number of carbonyl (C=O) groups is 1. The van der Waals surface area contributed by atoms with Crippen molar-refractivity contribution in [3.05, 3.63) is 36.5 Å². The lowest BCUT2D eigenvalue weighted by Gasteiger charge is -2.40. The summed E-state index contributed by atoms with van der Waals surface area (Å²) in [6, 6.07) is -0.804. The van der Waals surface area contributed by atoms with Crippen LogP contribution in [0.15, 0.2) is 36.5 Å². The Morgan fingerprint density at radius 1 is 0.453 bits per heavy atom. The van der Waals surface area contributed by atoms with E-state index in [1.54, 1.807) is 6.08 Å². The van der Waals surface area contributed by atoms with Crippen molar-refractivity contribution in [1.29, 1.82) is 0 Å². The minimum atomic E-state index is -1.57. The Bertz CT molecular complexity index is 1270. The molecule has 1 aliphatic heterocycles. The molecular formula is C66H125NO8. The monoisotopic (exact) mass is 1060 g/mol. The van der Waals surface area contributed by atoms with E-state index in [9.17, 15) is 30.3 Å². The summed E-state index contributed by atoms with van der Waals surface area (Å²) >= 11 is 0. The van der Waals surface area contributed by atoms with Gasteiger partial charge in [0.25, 0.3) is 0 Å². The lowest BCUT2D eigenvalue weighted by Crippen LogP contribution is -2.60. The van der Waals surface area contributed by atoms with E-state index in [2.05, 4.69) is 43.5 Å². The van der Waals surface area contributed by atoms with E-state index in [1.165, 1.54) is 257 Å². The molecule has 9 heteroatoms. The predicted octanol–water partition coefficient (Wildman–Crippen LogP) is 17.1. The van der Waals surface area contributed by atoms with Crippen LogP contribution in [0.4, 0.5) is 0 Å². The average Bonchev–Trinajstić information content (AvgIpc) is 3.41. The number of aliphatic hydroxyl groups is 5. The minimum Gasteiger partial charge on any atom is -0.394 e. The Hall–Kier alpha value is -1.59. The molecule has 0 radical (unpaired) electrons. The van der Waals surface area contributed by atoms with Crippen molar-refractivity contribution in [2.24, 2.45) is 0 Å². The first kappa shape index (κ1) is 71.4. The van der Waals surface area contributed by atoms with Crippen LogP contribution in [-0.2, 0) is 14.3 Å². The van der Waals surface area contributed by atoms with Crippen molar-refractivity contribution >= 4 is 5.91 Å².